The lowest BCUT2D eigenvalue weighted by atomic mass is 10.0. The second kappa shape index (κ2) is 21.4. The zero-order valence-electron chi connectivity index (χ0n) is 21.2. The van der Waals surface area contributed by atoms with Crippen molar-refractivity contribution in [2.75, 3.05) is 6.61 Å². The highest BCUT2D eigenvalue weighted by atomic mass is 16.6. The first kappa shape index (κ1) is 31.9. The third kappa shape index (κ3) is 20.5. The molecule has 8 heteroatoms. The highest BCUT2D eigenvalue weighted by Gasteiger charge is 2.21. The Morgan fingerprint density at radius 2 is 1.15 bits per heavy atom. The molecule has 0 fully saturated rings. The SMILES string of the molecule is CCC(COC(=O)CCCCCCCCC(=O)O)C(C)OC(=O)CCCCCCCCC(=O)[O-]. The molecule has 198 valence electrons. The molecule has 34 heavy (non-hydrogen) atoms. The molecule has 0 radical (unpaired) electrons. The first-order valence-corrected chi connectivity index (χ1v) is 13.0. The molecule has 1 N–H and O–H groups in total. The van der Waals surface area contributed by atoms with Crippen molar-refractivity contribution in [1.29, 1.82) is 0 Å². The number of ether oxygens (including phenoxy) is 2. The monoisotopic (exact) mass is 485 g/mol. The Morgan fingerprint density at radius 1 is 0.706 bits per heavy atom. The van der Waals surface area contributed by atoms with Crippen LogP contribution >= 0.6 is 0 Å². The number of rotatable bonds is 23. The van der Waals surface area contributed by atoms with Crippen LogP contribution in [-0.4, -0.2) is 41.7 Å². The van der Waals surface area contributed by atoms with Gasteiger partial charge in [-0.15, -0.1) is 0 Å². The summed E-state index contributed by atoms with van der Waals surface area (Å²) in [7, 11) is 0. The van der Waals surface area contributed by atoms with E-state index in [1.54, 1.807) is 0 Å². The van der Waals surface area contributed by atoms with Crippen molar-refractivity contribution in [2.24, 2.45) is 5.92 Å². The Kier molecular flexibility index (Phi) is 20.1. The molecule has 2 unspecified atom stereocenters. The molecule has 0 saturated heterocycles. The fourth-order valence-electron chi connectivity index (χ4n) is 3.72. The van der Waals surface area contributed by atoms with Gasteiger partial charge in [-0.3, -0.25) is 14.4 Å². The number of hydrogen-bond acceptors (Lipinski definition) is 7. The van der Waals surface area contributed by atoms with Crippen LogP contribution in [-0.2, 0) is 28.7 Å². The van der Waals surface area contributed by atoms with Crippen LogP contribution in [0.3, 0.4) is 0 Å². The average molecular weight is 486 g/mol. The van der Waals surface area contributed by atoms with Gasteiger partial charge in [-0.1, -0.05) is 58.3 Å². The van der Waals surface area contributed by atoms with E-state index in [1.807, 2.05) is 13.8 Å². The fraction of sp³-hybridized carbons (Fsp3) is 0.846. The number of hydrogen-bond donors (Lipinski definition) is 1. The molecule has 0 amide bonds. The zero-order chi connectivity index (χ0) is 25.6. The molecule has 8 nitrogen and oxygen atoms in total. The summed E-state index contributed by atoms with van der Waals surface area (Å²) in [5, 5.41) is 18.9. The van der Waals surface area contributed by atoms with Gasteiger partial charge in [0.1, 0.15) is 6.10 Å². The predicted octanol–water partition coefficient (Wildman–Crippen LogP) is 4.56. The van der Waals surface area contributed by atoms with E-state index in [4.69, 9.17) is 14.6 Å². The lowest BCUT2D eigenvalue weighted by Gasteiger charge is -2.22. The van der Waals surface area contributed by atoms with E-state index < -0.39 is 11.9 Å². The minimum atomic E-state index is -1.00. The Morgan fingerprint density at radius 3 is 1.62 bits per heavy atom. The van der Waals surface area contributed by atoms with Gasteiger partial charge in [0, 0.05) is 31.1 Å². The van der Waals surface area contributed by atoms with Gasteiger partial charge in [0.15, 0.2) is 0 Å². The number of carboxylic acid groups (broad SMARTS) is 2. The first-order valence-electron chi connectivity index (χ1n) is 13.0. The fourth-order valence-corrected chi connectivity index (χ4v) is 3.72. The Labute approximate surface area is 204 Å². The van der Waals surface area contributed by atoms with Crippen LogP contribution in [0.1, 0.15) is 123 Å². The lowest BCUT2D eigenvalue weighted by Crippen LogP contribution is -2.28. The van der Waals surface area contributed by atoms with Crippen molar-refractivity contribution in [3.63, 3.8) is 0 Å². The number of carbonyl (C=O) groups is 4. The van der Waals surface area contributed by atoms with Gasteiger partial charge in [0.2, 0.25) is 0 Å². The molecule has 0 rings (SSSR count). The predicted molar refractivity (Wildman–Crippen MR) is 127 cm³/mol. The largest absolute Gasteiger partial charge is 0.550 e. The van der Waals surface area contributed by atoms with Gasteiger partial charge >= 0.3 is 17.9 Å². The van der Waals surface area contributed by atoms with Crippen LogP contribution in [0.4, 0.5) is 0 Å². The van der Waals surface area contributed by atoms with Gasteiger partial charge in [-0.2, -0.15) is 0 Å². The molecule has 0 aliphatic rings. The molecule has 0 aliphatic carbocycles. The number of carboxylic acids is 2. The van der Waals surface area contributed by atoms with Crippen LogP contribution in [0.5, 0.6) is 0 Å². The molecule has 0 bridgehead atoms. The Bertz CT molecular complexity index is 575. The summed E-state index contributed by atoms with van der Waals surface area (Å²) in [5.74, 6) is -2.27. The number of unbranched alkanes of at least 4 members (excludes halogenated alkanes) is 10. The third-order valence-electron chi connectivity index (χ3n) is 6.00. The summed E-state index contributed by atoms with van der Waals surface area (Å²) < 4.78 is 10.9. The Hall–Kier alpha value is -2.12. The average Bonchev–Trinajstić information content (AvgIpc) is 2.77. The number of esters is 2. The summed E-state index contributed by atoms with van der Waals surface area (Å²) >= 11 is 0. The van der Waals surface area contributed by atoms with Crippen molar-refractivity contribution in [3.8, 4) is 0 Å². The molecule has 0 aromatic heterocycles. The maximum atomic E-state index is 12.1. The third-order valence-corrected chi connectivity index (χ3v) is 6.00. The normalized spacial score (nSPS) is 12.6. The number of aliphatic carboxylic acids is 2. The highest BCUT2D eigenvalue weighted by molar-refractivity contribution is 5.70. The van der Waals surface area contributed by atoms with Crippen molar-refractivity contribution < 1.29 is 38.9 Å². The summed E-state index contributed by atoms with van der Waals surface area (Å²) in [4.78, 5) is 44.9. The van der Waals surface area contributed by atoms with Crippen molar-refractivity contribution in [2.45, 2.75) is 129 Å². The van der Waals surface area contributed by atoms with E-state index in [1.165, 1.54) is 0 Å². The smallest absolute Gasteiger partial charge is 0.306 e. The van der Waals surface area contributed by atoms with E-state index in [0.29, 0.717) is 25.7 Å². The highest BCUT2D eigenvalue weighted by Crippen LogP contribution is 2.16. The molecule has 0 aromatic rings. The van der Waals surface area contributed by atoms with Crippen LogP contribution in [0, 0.1) is 5.92 Å². The minimum Gasteiger partial charge on any atom is -0.550 e. The zero-order valence-corrected chi connectivity index (χ0v) is 21.2. The van der Waals surface area contributed by atoms with Gasteiger partial charge in [0.25, 0.3) is 0 Å². The van der Waals surface area contributed by atoms with Crippen molar-refractivity contribution in [1.82, 2.24) is 0 Å². The standard InChI is InChI=1S/C26H46O8/c1-3-22(20-33-25(31)18-14-10-6-4-8-12-16-23(27)28)21(2)34-26(32)19-15-11-7-5-9-13-17-24(29)30/h21-22H,3-20H2,1-2H3,(H,27,28)(H,29,30)/p-1. The molecule has 2 atom stereocenters. The van der Waals surface area contributed by atoms with E-state index in [2.05, 4.69) is 0 Å². The maximum absolute atomic E-state index is 12.1. The second-order valence-electron chi connectivity index (χ2n) is 9.05. The van der Waals surface area contributed by atoms with Crippen LogP contribution in [0.25, 0.3) is 0 Å². The summed E-state index contributed by atoms with van der Waals surface area (Å²) in [6.45, 7) is 4.06. The van der Waals surface area contributed by atoms with Crippen LogP contribution in [0.2, 0.25) is 0 Å². The van der Waals surface area contributed by atoms with Crippen molar-refractivity contribution >= 4 is 23.9 Å². The minimum absolute atomic E-state index is 0.0362. The molecule has 0 heterocycles. The maximum Gasteiger partial charge on any atom is 0.306 e. The summed E-state index contributed by atoms with van der Waals surface area (Å²) in [5.41, 5.74) is 0. The van der Waals surface area contributed by atoms with Crippen LogP contribution in [0.15, 0.2) is 0 Å². The quantitative estimate of drug-likeness (QED) is 0.165. The molecule has 0 spiro atoms. The molecule has 0 saturated carbocycles. The van der Waals surface area contributed by atoms with Gasteiger partial charge < -0.3 is 24.5 Å². The molecule has 0 aliphatic heterocycles. The van der Waals surface area contributed by atoms with Crippen LogP contribution < -0.4 is 5.11 Å². The van der Waals surface area contributed by atoms with Gasteiger partial charge in [0.05, 0.1) is 6.61 Å². The second-order valence-corrected chi connectivity index (χ2v) is 9.05. The summed E-state index contributed by atoms with van der Waals surface area (Å²) in [6, 6.07) is 0. The van der Waals surface area contributed by atoms with E-state index in [-0.39, 0.29) is 43.4 Å². The van der Waals surface area contributed by atoms with Crippen molar-refractivity contribution in [3.05, 3.63) is 0 Å². The summed E-state index contributed by atoms with van der Waals surface area (Å²) in [6.07, 6.45) is 11.8. The lowest BCUT2D eigenvalue weighted by molar-refractivity contribution is -0.305. The molecular weight excluding hydrogens is 440 g/mol. The van der Waals surface area contributed by atoms with Gasteiger partial charge in [-0.05, 0) is 45.4 Å². The van der Waals surface area contributed by atoms with E-state index in [9.17, 15) is 24.3 Å². The van der Waals surface area contributed by atoms with E-state index >= 15 is 0 Å². The first-order chi connectivity index (χ1) is 16.3. The topological polar surface area (TPSA) is 130 Å². The van der Waals surface area contributed by atoms with Gasteiger partial charge in [-0.25, -0.2) is 0 Å². The number of carbonyl (C=O) groups excluding carboxylic acids is 3. The Balaban J connectivity index is 3.82. The molecule has 0 aromatic carbocycles. The molecular formula is C26H45O8-. The van der Waals surface area contributed by atoms with E-state index in [0.717, 1.165) is 70.6 Å².